The fraction of sp³-hybridized carbons (Fsp3) is 0.300. The van der Waals surface area contributed by atoms with Crippen molar-refractivity contribution < 1.29 is 5.11 Å². The Hall–Kier alpha value is -1.15. The summed E-state index contributed by atoms with van der Waals surface area (Å²) in [4.78, 5) is 4.10. The van der Waals surface area contributed by atoms with Gasteiger partial charge in [-0.3, -0.25) is 4.98 Å². The standard InChI is InChI=1S/C10H13NO/c1-3-5-9(12)10-8(2)6-4-7-11-10/h3-4,6-7,9,12H,1,5H2,2H3. The summed E-state index contributed by atoms with van der Waals surface area (Å²) in [5.41, 5.74) is 1.77. The van der Waals surface area contributed by atoms with Crippen LogP contribution in [0.5, 0.6) is 0 Å². The molecule has 64 valence electrons. The summed E-state index contributed by atoms with van der Waals surface area (Å²) in [6.07, 6.45) is 3.43. The van der Waals surface area contributed by atoms with Crippen LogP contribution in [0.25, 0.3) is 0 Å². The third-order valence-corrected chi connectivity index (χ3v) is 1.76. The average molecular weight is 163 g/mol. The molecule has 0 radical (unpaired) electrons. The zero-order valence-electron chi connectivity index (χ0n) is 7.20. The zero-order chi connectivity index (χ0) is 8.97. The number of aryl methyl sites for hydroxylation is 1. The molecule has 0 aliphatic heterocycles. The van der Waals surface area contributed by atoms with E-state index in [1.54, 1.807) is 12.3 Å². The molecule has 0 spiro atoms. The lowest BCUT2D eigenvalue weighted by Crippen LogP contribution is -2.01. The number of aromatic nitrogens is 1. The summed E-state index contributed by atoms with van der Waals surface area (Å²) < 4.78 is 0. The lowest BCUT2D eigenvalue weighted by molar-refractivity contribution is 0.176. The molecule has 1 N–H and O–H groups in total. The number of nitrogens with zero attached hydrogens (tertiary/aromatic N) is 1. The summed E-state index contributed by atoms with van der Waals surface area (Å²) in [6.45, 7) is 5.51. The molecule has 0 fully saturated rings. The van der Waals surface area contributed by atoms with Gasteiger partial charge in [0.1, 0.15) is 0 Å². The van der Waals surface area contributed by atoms with Gasteiger partial charge in [0.2, 0.25) is 0 Å². The van der Waals surface area contributed by atoms with Gasteiger partial charge < -0.3 is 5.11 Å². The largest absolute Gasteiger partial charge is 0.386 e. The second-order valence-corrected chi connectivity index (χ2v) is 2.75. The molecule has 1 atom stereocenters. The normalized spacial score (nSPS) is 12.5. The van der Waals surface area contributed by atoms with Crippen LogP contribution >= 0.6 is 0 Å². The highest BCUT2D eigenvalue weighted by Crippen LogP contribution is 2.17. The van der Waals surface area contributed by atoms with E-state index >= 15 is 0 Å². The molecule has 1 aromatic rings. The number of hydrogen-bond acceptors (Lipinski definition) is 2. The van der Waals surface area contributed by atoms with Crippen LogP contribution in [0.4, 0.5) is 0 Å². The predicted octanol–water partition coefficient (Wildman–Crippen LogP) is 2.00. The van der Waals surface area contributed by atoms with E-state index in [4.69, 9.17) is 0 Å². The second kappa shape index (κ2) is 4.02. The quantitative estimate of drug-likeness (QED) is 0.691. The minimum Gasteiger partial charge on any atom is -0.386 e. The van der Waals surface area contributed by atoms with E-state index in [0.717, 1.165) is 11.3 Å². The van der Waals surface area contributed by atoms with E-state index in [9.17, 15) is 5.11 Å². The molecule has 0 saturated carbocycles. The maximum absolute atomic E-state index is 9.57. The van der Waals surface area contributed by atoms with E-state index in [0.29, 0.717) is 6.42 Å². The first-order chi connectivity index (χ1) is 5.75. The Kier molecular flexibility index (Phi) is 3.00. The first kappa shape index (κ1) is 8.94. The van der Waals surface area contributed by atoms with Crippen molar-refractivity contribution in [1.82, 2.24) is 4.98 Å². The first-order valence-corrected chi connectivity index (χ1v) is 3.96. The molecule has 1 unspecified atom stereocenters. The topological polar surface area (TPSA) is 33.1 Å². The van der Waals surface area contributed by atoms with Crippen molar-refractivity contribution in [3.8, 4) is 0 Å². The number of aliphatic hydroxyl groups excluding tert-OH is 1. The summed E-state index contributed by atoms with van der Waals surface area (Å²) in [5, 5.41) is 9.57. The fourth-order valence-corrected chi connectivity index (χ4v) is 1.12. The Bertz CT molecular complexity index is 270. The van der Waals surface area contributed by atoms with Crippen molar-refractivity contribution >= 4 is 0 Å². The van der Waals surface area contributed by atoms with Crippen LogP contribution in [0.1, 0.15) is 23.8 Å². The summed E-state index contributed by atoms with van der Waals surface area (Å²) >= 11 is 0. The van der Waals surface area contributed by atoms with Crippen molar-refractivity contribution in [1.29, 1.82) is 0 Å². The zero-order valence-corrected chi connectivity index (χ0v) is 7.20. The maximum atomic E-state index is 9.57. The molecular formula is C10H13NO. The van der Waals surface area contributed by atoms with Gasteiger partial charge >= 0.3 is 0 Å². The van der Waals surface area contributed by atoms with Crippen LogP contribution in [-0.2, 0) is 0 Å². The smallest absolute Gasteiger partial charge is 0.0996 e. The van der Waals surface area contributed by atoms with Crippen molar-refractivity contribution in [3.05, 3.63) is 42.2 Å². The minimum absolute atomic E-state index is 0.510. The Labute approximate surface area is 72.6 Å². The Morgan fingerprint density at radius 2 is 2.50 bits per heavy atom. The lowest BCUT2D eigenvalue weighted by Gasteiger charge is -2.09. The van der Waals surface area contributed by atoms with Crippen LogP contribution in [0, 0.1) is 6.92 Å². The molecule has 12 heavy (non-hydrogen) atoms. The molecule has 0 aromatic carbocycles. The molecule has 2 heteroatoms. The van der Waals surface area contributed by atoms with Crippen molar-refractivity contribution in [2.75, 3.05) is 0 Å². The molecule has 2 nitrogen and oxygen atoms in total. The number of rotatable bonds is 3. The summed E-state index contributed by atoms with van der Waals surface area (Å²) in [5.74, 6) is 0. The molecular weight excluding hydrogens is 150 g/mol. The highest BCUT2D eigenvalue weighted by Gasteiger charge is 2.08. The van der Waals surface area contributed by atoms with Gasteiger partial charge in [0, 0.05) is 6.20 Å². The van der Waals surface area contributed by atoms with Gasteiger partial charge in [0.25, 0.3) is 0 Å². The molecule has 0 aliphatic carbocycles. The molecule has 1 aromatic heterocycles. The highest BCUT2D eigenvalue weighted by molar-refractivity contribution is 5.20. The second-order valence-electron chi connectivity index (χ2n) is 2.75. The van der Waals surface area contributed by atoms with E-state index in [1.807, 2.05) is 19.1 Å². The monoisotopic (exact) mass is 163 g/mol. The van der Waals surface area contributed by atoms with Crippen LogP contribution in [0.3, 0.4) is 0 Å². The van der Waals surface area contributed by atoms with E-state index < -0.39 is 6.10 Å². The van der Waals surface area contributed by atoms with Gasteiger partial charge in [-0.1, -0.05) is 12.1 Å². The molecule has 0 aliphatic rings. The minimum atomic E-state index is -0.510. The maximum Gasteiger partial charge on any atom is 0.0996 e. The van der Waals surface area contributed by atoms with Gasteiger partial charge in [-0.05, 0) is 25.0 Å². The van der Waals surface area contributed by atoms with Gasteiger partial charge in [-0.25, -0.2) is 0 Å². The van der Waals surface area contributed by atoms with Crippen molar-refractivity contribution in [3.63, 3.8) is 0 Å². The number of hydrogen-bond donors (Lipinski definition) is 1. The third kappa shape index (κ3) is 1.92. The van der Waals surface area contributed by atoms with E-state index in [1.165, 1.54) is 0 Å². The molecule has 0 bridgehead atoms. The van der Waals surface area contributed by atoms with Crippen LogP contribution < -0.4 is 0 Å². The van der Waals surface area contributed by atoms with Crippen LogP contribution in [-0.4, -0.2) is 10.1 Å². The molecule has 1 heterocycles. The molecule has 1 rings (SSSR count). The lowest BCUT2D eigenvalue weighted by atomic mass is 10.1. The average Bonchev–Trinajstić information content (AvgIpc) is 2.05. The summed E-state index contributed by atoms with van der Waals surface area (Å²) in [7, 11) is 0. The van der Waals surface area contributed by atoms with Crippen molar-refractivity contribution in [2.45, 2.75) is 19.4 Å². The third-order valence-electron chi connectivity index (χ3n) is 1.76. The summed E-state index contributed by atoms with van der Waals surface area (Å²) in [6, 6.07) is 3.80. The molecule has 0 saturated heterocycles. The molecule has 0 amide bonds. The number of pyridine rings is 1. The van der Waals surface area contributed by atoms with Gasteiger partial charge in [0.05, 0.1) is 11.8 Å². The highest BCUT2D eigenvalue weighted by atomic mass is 16.3. The van der Waals surface area contributed by atoms with Crippen LogP contribution in [0.15, 0.2) is 31.0 Å². The predicted molar refractivity (Wildman–Crippen MR) is 48.7 cm³/mol. The van der Waals surface area contributed by atoms with E-state index in [2.05, 4.69) is 11.6 Å². The van der Waals surface area contributed by atoms with E-state index in [-0.39, 0.29) is 0 Å². The number of aliphatic hydroxyl groups is 1. The van der Waals surface area contributed by atoms with Gasteiger partial charge in [-0.15, -0.1) is 6.58 Å². The Balaban J connectivity index is 2.86. The van der Waals surface area contributed by atoms with Crippen molar-refractivity contribution in [2.24, 2.45) is 0 Å². The SMILES string of the molecule is C=CCC(O)c1ncccc1C. The fourth-order valence-electron chi connectivity index (χ4n) is 1.12. The Morgan fingerprint density at radius 3 is 3.08 bits per heavy atom. The van der Waals surface area contributed by atoms with Gasteiger partial charge in [-0.2, -0.15) is 0 Å². The van der Waals surface area contributed by atoms with Gasteiger partial charge in [0.15, 0.2) is 0 Å². The first-order valence-electron chi connectivity index (χ1n) is 3.96. The van der Waals surface area contributed by atoms with Crippen LogP contribution in [0.2, 0.25) is 0 Å². The Morgan fingerprint density at radius 1 is 1.75 bits per heavy atom.